The Kier molecular flexibility index (Phi) is 3.19. The van der Waals surface area contributed by atoms with Crippen LogP contribution in [0.15, 0.2) is 24.5 Å². The van der Waals surface area contributed by atoms with Crippen molar-refractivity contribution >= 4 is 15.9 Å². The van der Waals surface area contributed by atoms with E-state index in [4.69, 9.17) is 4.74 Å². The predicted octanol–water partition coefficient (Wildman–Crippen LogP) is 2.52. The Balaban J connectivity index is 2.27. The summed E-state index contributed by atoms with van der Waals surface area (Å²) in [5.74, 6) is 0. The highest BCUT2D eigenvalue weighted by atomic mass is 79.9. The van der Waals surface area contributed by atoms with Gasteiger partial charge in [-0.1, -0.05) is 15.9 Å². The van der Waals surface area contributed by atoms with Crippen LogP contribution < -0.4 is 0 Å². The van der Waals surface area contributed by atoms with E-state index in [1.54, 1.807) is 0 Å². The largest absolute Gasteiger partial charge is 0.381 e. The first-order valence-corrected chi connectivity index (χ1v) is 6.04. The van der Waals surface area contributed by atoms with Crippen molar-refractivity contribution in [3.8, 4) is 0 Å². The summed E-state index contributed by atoms with van der Waals surface area (Å²) in [7, 11) is 0. The molecule has 0 N–H and O–H groups in total. The molecule has 0 atom stereocenters. The summed E-state index contributed by atoms with van der Waals surface area (Å²) in [6.07, 6.45) is 5.94. The molecule has 0 amide bonds. The Bertz CT molecular complexity index is 283. The number of hydrogen-bond acceptors (Lipinski definition) is 2. The lowest BCUT2D eigenvalue weighted by Gasteiger charge is -2.36. The van der Waals surface area contributed by atoms with E-state index in [2.05, 4.69) is 33.0 Å². The number of nitrogens with zero attached hydrogens (tertiary/aromatic N) is 1. The highest BCUT2D eigenvalue weighted by molar-refractivity contribution is 9.09. The summed E-state index contributed by atoms with van der Waals surface area (Å²) in [5, 5.41) is 1.01. The maximum absolute atomic E-state index is 5.41. The van der Waals surface area contributed by atoms with Crippen LogP contribution in [0.5, 0.6) is 0 Å². The molecule has 1 aromatic heterocycles. The van der Waals surface area contributed by atoms with E-state index in [0.717, 1.165) is 31.4 Å². The molecule has 1 aliphatic rings. The van der Waals surface area contributed by atoms with Crippen molar-refractivity contribution in [3.63, 3.8) is 0 Å². The molecule has 1 aliphatic heterocycles. The van der Waals surface area contributed by atoms with Gasteiger partial charge < -0.3 is 4.74 Å². The second-order valence-electron chi connectivity index (χ2n) is 3.76. The van der Waals surface area contributed by atoms with E-state index < -0.39 is 0 Å². The zero-order valence-electron chi connectivity index (χ0n) is 8.08. The van der Waals surface area contributed by atoms with E-state index in [-0.39, 0.29) is 5.41 Å². The molecule has 1 fully saturated rings. The van der Waals surface area contributed by atoms with Crippen LogP contribution in [0.25, 0.3) is 0 Å². The zero-order chi connectivity index (χ0) is 9.86. The fraction of sp³-hybridized carbons (Fsp3) is 0.545. The van der Waals surface area contributed by atoms with Gasteiger partial charge in [0.05, 0.1) is 0 Å². The van der Waals surface area contributed by atoms with Gasteiger partial charge in [0.1, 0.15) is 0 Å². The average Bonchev–Trinajstić information content (AvgIpc) is 2.31. The Morgan fingerprint density at radius 1 is 1.29 bits per heavy atom. The SMILES string of the molecule is BrCC1(c2ccncc2)CCOCC1. The van der Waals surface area contributed by atoms with Crippen LogP contribution in [0.2, 0.25) is 0 Å². The highest BCUT2D eigenvalue weighted by Gasteiger charge is 2.33. The highest BCUT2D eigenvalue weighted by Crippen LogP contribution is 2.35. The van der Waals surface area contributed by atoms with Gasteiger partial charge in [0.2, 0.25) is 0 Å². The van der Waals surface area contributed by atoms with Crippen molar-refractivity contribution in [2.24, 2.45) is 0 Å². The molecule has 0 unspecified atom stereocenters. The number of rotatable bonds is 2. The first kappa shape index (κ1) is 10.1. The molecular weight excluding hydrogens is 242 g/mol. The monoisotopic (exact) mass is 255 g/mol. The van der Waals surface area contributed by atoms with Gasteiger partial charge in [0.25, 0.3) is 0 Å². The van der Waals surface area contributed by atoms with Gasteiger partial charge >= 0.3 is 0 Å². The molecule has 0 spiro atoms. The lowest BCUT2D eigenvalue weighted by atomic mass is 9.76. The molecule has 3 heteroatoms. The molecular formula is C11H14BrNO. The predicted molar refractivity (Wildman–Crippen MR) is 59.8 cm³/mol. The Labute approximate surface area is 92.8 Å². The van der Waals surface area contributed by atoms with Crippen molar-refractivity contribution in [1.29, 1.82) is 0 Å². The molecule has 14 heavy (non-hydrogen) atoms. The van der Waals surface area contributed by atoms with Crippen molar-refractivity contribution < 1.29 is 4.74 Å². The zero-order valence-corrected chi connectivity index (χ0v) is 9.66. The van der Waals surface area contributed by atoms with E-state index >= 15 is 0 Å². The van der Waals surface area contributed by atoms with Crippen molar-refractivity contribution in [3.05, 3.63) is 30.1 Å². The molecule has 0 radical (unpaired) electrons. The molecule has 76 valence electrons. The molecule has 1 aromatic rings. The number of hydrogen-bond donors (Lipinski definition) is 0. The van der Waals surface area contributed by atoms with E-state index in [1.165, 1.54) is 5.56 Å². The topological polar surface area (TPSA) is 22.1 Å². The molecule has 2 nitrogen and oxygen atoms in total. The summed E-state index contributed by atoms with van der Waals surface area (Å²) in [6, 6.07) is 4.24. The van der Waals surface area contributed by atoms with Gasteiger partial charge in [-0.25, -0.2) is 0 Å². The van der Waals surface area contributed by atoms with Crippen molar-refractivity contribution in [1.82, 2.24) is 4.98 Å². The summed E-state index contributed by atoms with van der Waals surface area (Å²) in [6.45, 7) is 1.74. The number of aromatic nitrogens is 1. The van der Waals surface area contributed by atoms with Crippen LogP contribution >= 0.6 is 15.9 Å². The lowest BCUT2D eigenvalue weighted by molar-refractivity contribution is 0.0583. The maximum atomic E-state index is 5.41. The standard InChI is InChI=1S/C11H14BrNO/c12-9-11(3-7-14-8-4-11)10-1-5-13-6-2-10/h1-2,5-6H,3-4,7-9H2. The number of pyridine rings is 1. The van der Waals surface area contributed by atoms with Crippen LogP contribution in [-0.4, -0.2) is 23.5 Å². The normalized spacial score (nSPS) is 20.6. The Morgan fingerprint density at radius 3 is 2.50 bits per heavy atom. The minimum absolute atomic E-state index is 0.265. The molecule has 1 saturated heterocycles. The van der Waals surface area contributed by atoms with Gasteiger partial charge in [0.15, 0.2) is 0 Å². The van der Waals surface area contributed by atoms with Crippen LogP contribution in [0, 0.1) is 0 Å². The van der Waals surface area contributed by atoms with Gasteiger partial charge in [-0.2, -0.15) is 0 Å². The van der Waals surface area contributed by atoms with Crippen molar-refractivity contribution in [2.75, 3.05) is 18.5 Å². The van der Waals surface area contributed by atoms with E-state index in [1.807, 2.05) is 12.4 Å². The quantitative estimate of drug-likeness (QED) is 0.758. The summed E-state index contributed by atoms with van der Waals surface area (Å²) in [5.41, 5.74) is 1.65. The van der Waals surface area contributed by atoms with Crippen LogP contribution in [0.3, 0.4) is 0 Å². The van der Waals surface area contributed by atoms with Gasteiger partial charge in [-0.05, 0) is 30.5 Å². The van der Waals surface area contributed by atoms with Crippen LogP contribution in [-0.2, 0) is 10.2 Å². The number of halogens is 1. The van der Waals surface area contributed by atoms with Crippen LogP contribution in [0.1, 0.15) is 18.4 Å². The van der Waals surface area contributed by atoms with Gasteiger partial charge in [0, 0.05) is 36.4 Å². The molecule has 0 bridgehead atoms. The first-order chi connectivity index (χ1) is 6.87. The van der Waals surface area contributed by atoms with Gasteiger partial charge in [-0.3, -0.25) is 4.98 Å². The molecule has 0 aliphatic carbocycles. The first-order valence-electron chi connectivity index (χ1n) is 4.92. The molecule has 2 heterocycles. The number of alkyl halides is 1. The average molecular weight is 256 g/mol. The summed E-state index contributed by atoms with van der Waals surface area (Å²) in [4.78, 5) is 4.06. The second kappa shape index (κ2) is 4.41. The van der Waals surface area contributed by atoms with Gasteiger partial charge in [-0.15, -0.1) is 0 Å². The van der Waals surface area contributed by atoms with Crippen LogP contribution in [0.4, 0.5) is 0 Å². The summed E-state index contributed by atoms with van der Waals surface area (Å²) < 4.78 is 5.41. The third-order valence-electron chi connectivity index (χ3n) is 3.00. The number of ether oxygens (including phenoxy) is 1. The summed E-state index contributed by atoms with van der Waals surface area (Å²) >= 11 is 3.63. The van der Waals surface area contributed by atoms with E-state index in [9.17, 15) is 0 Å². The maximum Gasteiger partial charge on any atom is 0.0474 e. The third-order valence-corrected chi connectivity index (χ3v) is 4.07. The molecule has 2 rings (SSSR count). The minimum Gasteiger partial charge on any atom is -0.381 e. The minimum atomic E-state index is 0.265. The second-order valence-corrected chi connectivity index (χ2v) is 4.32. The molecule has 0 saturated carbocycles. The third kappa shape index (κ3) is 1.84. The fourth-order valence-electron chi connectivity index (χ4n) is 1.97. The molecule has 0 aromatic carbocycles. The smallest absolute Gasteiger partial charge is 0.0474 e. The Hall–Kier alpha value is -0.410. The van der Waals surface area contributed by atoms with Crippen molar-refractivity contribution in [2.45, 2.75) is 18.3 Å². The fourth-order valence-corrected chi connectivity index (χ4v) is 2.85. The Morgan fingerprint density at radius 2 is 1.93 bits per heavy atom. The lowest BCUT2D eigenvalue weighted by Crippen LogP contribution is -2.35. The van der Waals surface area contributed by atoms with E-state index in [0.29, 0.717) is 0 Å².